The molecular formula is C29H41IO5. The molecule has 0 heterocycles. The Morgan fingerprint density at radius 2 is 1.63 bits per heavy atom. The second-order valence-corrected chi connectivity index (χ2v) is 14.0. The van der Waals surface area contributed by atoms with Crippen LogP contribution < -0.4 is 0 Å². The second-order valence-electron chi connectivity index (χ2n) is 12.8. The molecule has 35 heavy (non-hydrogen) atoms. The van der Waals surface area contributed by atoms with E-state index in [2.05, 4.69) is 43.4 Å². The number of rotatable bonds is 4. The fourth-order valence-corrected chi connectivity index (χ4v) is 9.72. The average Bonchev–Trinajstić information content (AvgIpc) is 3.17. The summed E-state index contributed by atoms with van der Waals surface area (Å²) in [6.07, 6.45) is 2.35. The van der Waals surface area contributed by atoms with Gasteiger partial charge in [0.05, 0.1) is 18.3 Å². The van der Waals surface area contributed by atoms with Gasteiger partial charge in [-0.3, -0.25) is 4.79 Å². The van der Waals surface area contributed by atoms with E-state index in [1.54, 1.807) is 0 Å². The van der Waals surface area contributed by atoms with E-state index >= 15 is 0 Å². The predicted molar refractivity (Wildman–Crippen MR) is 142 cm³/mol. The Kier molecular flexibility index (Phi) is 6.96. The van der Waals surface area contributed by atoms with Gasteiger partial charge in [-0.1, -0.05) is 32.9 Å². The van der Waals surface area contributed by atoms with E-state index < -0.39 is 24.4 Å². The SMILES string of the molecule is C[C@H]([C@@H](O)[C@H](O)c1ccc(I)cc1)[C@H]1CC[C@H]2[C@@H]3CC(=O)C4C[C@H](O)[C@H](O)C[C@]4(C)[C@H]3CC[C@]12C. The van der Waals surface area contributed by atoms with Crippen LogP contribution in [0, 0.1) is 49.9 Å². The van der Waals surface area contributed by atoms with E-state index in [0.717, 1.165) is 34.8 Å². The summed E-state index contributed by atoms with van der Waals surface area (Å²) < 4.78 is 1.10. The first-order chi connectivity index (χ1) is 16.5. The molecule has 0 aliphatic heterocycles. The number of hydrogen-bond donors (Lipinski definition) is 4. The van der Waals surface area contributed by atoms with Gasteiger partial charge in [-0.05, 0) is 119 Å². The van der Waals surface area contributed by atoms with Crippen LogP contribution in [0.2, 0.25) is 0 Å². The van der Waals surface area contributed by atoms with Gasteiger partial charge in [-0.25, -0.2) is 0 Å². The molecule has 4 aliphatic rings. The summed E-state index contributed by atoms with van der Waals surface area (Å²) in [5.41, 5.74) is 0.538. The zero-order chi connectivity index (χ0) is 25.3. The monoisotopic (exact) mass is 596 g/mol. The maximum atomic E-state index is 13.4. The number of carbonyl (C=O) groups is 1. The van der Waals surface area contributed by atoms with Crippen LogP contribution in [-0.2, 0) is 4.79 Å². The molecule has 12 atom stereocenters. The number of Topliss-reactive ketones (excluding diaryl/α,β-unsaturated/α-hetero) is 1. The third-order valence-electron chi connectivity index (χ3n) is 11.3. The molecule has 0 bridgehead atoms. The van der Waals surface area contributed by atoms with E-state index in [1.165, 1.54) is 0 Å². The van der Waals surface area contributed by atoms with Gasteiger partial charge in [0, 0.05) is 15.9 Å². The van der Waals surface area contributed by atoms with E-state index in [4.69, 9.17) is 0 Å². The van der Waals surface area contributed by atoms with Crippen molar-refractivity contribution in [1.82, 2.24) is 0 Å². The summed E-state index contributed by atoms with van der Waals surface area (Å²) in [5.74, 6) is 1.49. The molecule has 4 N–H and O–H groups in total. The Bertz CT molecular complexity index is 951. The van der Waals surface area contributed by atoms with Crippen LogP contribution in [-0.4, -0.2) is 44.5 Å². The smallest absolute Gasteiger partial charge is 0.136 e. The summed E-state index contributed by atoms with van der Waals surface area (Å²) in [6.45, 7) is 6.65. The molecule has 5 rings (SSSR count). The van der Waals surface area contributed by atoms with Crippen molar-refractivity contribution >= 4 is 28.4 Å². The van der Waals surface area contributed by atoms with Crippen LogP contribution in [0.1, 0.15) is 77.4 Å². The largest absolute Gasteiger partial charge is 0.390 e. The Balaban J connectivity index is 1.36. The van der Waals surface area contributed by atoms with Gasteiger partial charge in [-0.15, -0.1) is 0 Å². The fourth-order valence-electron chi connectivity index (χ4n) is 9.36. The van der Waals surface area contributed by atoms with Crippen molar-refractivity contribution in [3.63, 3.8) is 0 Å². The van der Waals surface area contributed by atoms with Crippen LogP contribution in [0.15, 0.2) is 24.3 Å². The Hall–Kier alpha value is -0.540. The number of benzene rings is 1. The lowest BCUT2D eigenvalue weighted by Gasteiger charge is -2.61. The molecule has 0 spiro atoms. The number of hydrogen-bond acceptors (Lipinski definition) is 5. The highest BCUT2D eigenvalue weighted by Crippen LogP contribution is 2.68. The summed E-state index contributed by atoms with van der Waals surface area (Å²) >= 11 is 2.24. The Labute approximate surface area is 222 Å². The van der Waals surface area contributed by atoms with Gasteiger partial charge in [0.15, 0.2) is 0 Å². The zero-order valence-electron chi connectivity index (χ0n) is 21.1. The quantitative estimate of drug-likeness (QED) is 0.384. The van der Waals surface area contributed by atoms with Crippen molar-refractivity contribution in [3.8, 4) is 0 Å². The van der Waals surface area contributed by atoms with Crippen molar-refractivity contribution < 1.29 is 25.2 Å². The molecule has 0 aromatic heterocycles. The Morgan fingerprint density at radius 1 is 0.971 bits per heavy atom. The second kappa shape index (κ2) is 9.33. The van der Waals surface area contributed by atoms with Crippen molar-refractivity contribution in [3.05, 3.63) is 33.4 Å². The first-order valence-electron chi connectivity index (χ1n) is 13.5. The molecule has 4 aliphatic carbocycles. The number of aliphatic hydroxyl groups is 4. The minimum absolute atomic E-state index is 0.0314. The summed E-state index contributed by atoms with van der Waals surface area (Å²) in [4.78, 5) is 13.4. The lowest BCUT2D eigenvalue weighted by atomic mass is 9.44. The fraction of sp³-hybridized carbons (Fsp3) is 0.759. The van der Waals surface area contributed by atoms with E-state index in [1.807, 2.05) is 24.3 Å². The molecule has 194 valence electrons. The molecule has 1 unspecified atom stereocenters. The third-order valence-corrected chi connectivity index (χ3v) is 12.0. The number of fused-ring (bicyclic) bond motifs is 5. The average molecular weight is 597 g/mol. The molecule has 0 amide bonds. The minimum Gasteiger partial charge on any atom is -0.390 e. The first kappa shape index (κ1) is 26.1. The van der Waals surface area contributed by atoms with Gasteiger partial charge in [0.1, 0.15) is 11.9 Å². The first-order valence-corrected chi connectivity index (χ1v) is 14.6. The molecule has 5 nitrogen and oxygen atoms in total. The standard InChI is InChI=1S/C29H41IO5/c1-15(26(34)27(35)16-4-6-17(30)7-5-16)19-8-9-20-18-12-23(31)22-13-24(32)25(33)14-29(22,3)21(18)10-11-28(19,20)2/h4-7,15,18-22,24-27,32-35H,8-14H2,1-3H3/t15-,18-,19+,20-,21-,22?,24-,25+,26+,27+,28+,29+/m0/s1. The highest BCUT2D eigenvalue weighted by molar-refractivity contribution is 14.1. The molecule has 1 aromatic carbocycles. The van der Waals surface area contributed by atoms with Crippen molar-refractivity contribution in [2.75, 3.05) is 0 Å². The maximum absolute atomic E-state index is 13.4. The van der Waals surface area contributed by atoms with Crippen molar-refractivity contribution in [1.29, 1.82) is 0 Å². The van der Waals surface area contributed by atoms with Crippen LogP contribution in [0.25, 0.3) is 0 Å². The van der Waals surface area contributed by atoms with Crippen molar-refractivity contribution in [2.24, 2.45) is 46.3 Å². The minimum atomic E-state index is -0.910. The number of aliphatic hydroxyl groups excluding tert-OH is 4. The summed E-state index contributed by atoms with van der Waals surface area (Å²) in [5, 5.41) is 43.0. The molecule has 0 saturated heterocycles. The molecule has 1 aromatic rings. The predicted octanol–water partition coefficient (Wildman–Crippen LogP) is 4.49. The van der Waals surface area contributed by atoms with Gasteiger partial charge in [0.25, 0.3) is 0 Å². The van der Waals surface area contributed by atoms with Gasteiger partial charge in [-0.2, -0.15) is 0 Å². The third kappa shape index (κ3) is 4.14. The van der Waals surface area contributed by atoms with E-state index in [9.17, 15) is 25.2 Å². The van der Waals surface area contributed by atoms with Crippen LogP contribution in [0.4, 0.5) is 0 Å². The van der Waals surface area contributed by atoms with E-state index in [0.29, 0.717) is 42.9 Å². The molecular weight excluding hydrogens is 555 g/mol. The molecule has 4 fully saturated rings. The van der Waals surface area contributed by atoms with Crippen molar-refractivity contribution in [2.45, 2.75) is 90.1 Å². The summed E-state index contributed by atoms with van der Waals surface area (Å²) in [6, 6.07) is 7.71. The van der Waals surface area contributed by atoms with Gasteiger partial charge >= 0.3 is 0 Å². The number of ketones is 1. The van der Waals surface area contributed by atoms with Crippen LogP contribution in [0.3, 0.4) is 0 Å². The zero-order valence-corrected chi connectivity index (χ0v) is 23.3. The normalized spacial score (nSPS) is 45.7. The Morgan fingerprint density at radius 3 is 2.31 bits per heavy atom. The number of carbonyl (C=O) groups excluding carboxylic acids is 1. The lowest BCUT2D eigenvalue weighted by molar-refractivity contribution is -0.174. The van der Waals surface area contributed by atoms with Gasteiger partial charge < -0.3 is 20.4 Å². The molecule has 0 radical (unpaired) electrons. The van der Waals surface area contributed by atoms with Crippen LogP contribution in [0.5, 0.6) is 0 Å². The summed E-state index contributed by atoms with van der Waals surface area (Å²) in [7, 11) is 0. The molecule has 4 saturated carbocycles. The topological polar surface area (TPSA) is 98.0 Å². The number of halogens is 1. The van der Waals surface area contributed by atoms with E-state index in [-0.39, 0.29) is 28.4 Å². The highest BCUT2D eigenvalue weighted by Gasteiger charge is 2.63. The lowest BCUT2D eigenvalue weighted by Crippen LogP contribution is -2.59. The molecule has 6 heteroatoms. The maximum Gasteiger partial charge on any atom is 0.136 e. The highest BCUT2D eigenvalue weighted by atomic mass is 127. The van der Waals surface area contributed by atoms with Gasteiger partial charge in [0.2, 0.25) is 0 Å². The van der Waals surface area contributed by atoms with Crippen LogP contribution >= 0.6 is 22.6 Å².